The lowest BCUT2D eigenvalue weighted by Crippen LogP contribution is -2.17. The highest BCUT2D eigenvalue weighted by Gasteiger charge is 2.15. The van der Waals surface area contributed by atoms with E-state index in [0.29, 0.717) is 0 Å². The molecule has 0 aliphatic carbocycles. The summed E-state index contributed by atoms with van der Waals surface area (Å²) in [5.74, 6) is 0.875. The molecule has 4 nitrogen and oxygen atoms in total. The highest BCUT2D eigenvalue weighted by Crippen LogP contribution is 2.25. The molecule has 0 saturated heterocycles. The van der Waals surface area contributed by atoms with E-state index in [0.717, 1.165) is 41.1 Å². The maximum absolute atomic E-state index is 6.37. The van der Waals surface area contributed by atoms with E-state index in [1.807, 2.05) is 37.3 Å². The monoisotopic (exact) mass is 271 g/mol. The molecule has 0 saturated carbocycles. The molecule has 0 amide bonds. The Labute approximate surface area is 120 Å². The maximum Gasteiger partial charge on any atom is 0.122 e. The van der Waals surface area contributed by atoms with Gasteiger partial charge in [-0.1, -0.05) is 25.1 Å². The molecular formula is C16H21N3O. The van der Waals surface area contributed by atoms with Crippen molar-refractivity contribution in [2.24, 2.45) is 5.73 Å². The number of ether oxygens (including phenoxy) is 1. The molecule has 2 rings (SSSR count). The largest absolute Gasteiger partial charge is 0.496 e. The number of nitrogens with two attached hydrogens (primary N) is 1. The van der Waals surface area contributed by atoms with Crippen molar-refractivity contribution in [3.05, 3.63) is 52.8 Å². The molecule has 0 aliphatic rings. The predicted molar refractivity (Wildman–Crippen MR) is 79.8 cm³/mol. The van der Waals surface area contributed by atoms with Crippen LogP contribution in [-0.2, 0) is 12.8 Å². The molecule has 1 unspecified atom stereocenters. The van der Waals surface area contributed by atoms with Crippen molar-refractivity contribution in [3.8, 4) is 5.75 Å². The lowest BCUT2D eigenvalue weighted by Gasteiger charge is -2.17. The van der Waals surface area contributed by atoms with Crippen LogP contribution in [0.1, 0.15) is 35.5 Å². The summed E-state index contributed by atoms with van der Waals surface area (Å²) in [6.45, 7) is 4.00. The van der Waals surface area contributed by atoms with E-state index in [1.54, 1.807) is 7.11 Å². The fourth-order valence-electron chi connectivity index (χ4n) is 2.35. The summed E-state index contributed by atoms with van der Waals surface area (Å²) < 4.78 is 5.38. The maximum atomic E-state index is 6.37. The Balaban J connectivity index is 2.28. The van der Waals surface area contributed by atoms with Gasteiger partial charge in [-0.15, -0.1) is 0 Å². The van der Waals surface area contributed by atoms with E-state index in [9.17, 15) is 0 Å². The van der Waals surface area contributed by atoms with E-state index in [-0.39, 0.29) is 6.04 Å². The van der Waals surface area contributed by atoms with Crippen molar-refractivity contribution in [1.82, 2.24) is 10.2 Å². The quantitative estimate of drug-likeness (QED) is 0.908. The number of aromatic nitrogens is 2. The van der Waals surface area contributed by atoms with Crippen molar-refractivity contribution in [2.75, 3.05) is 7.11 Å². The molecule has 0 aliphatic heterocycles. The molecule has 1 aromatic heterocycles. The molecule has 1 atom stereocenters. The molecule has 106 valence electrons. The summed E-state index contributed by atoms with van der Waals surface area (Å²) in [6, 6.07) is 9.90. The Bertz CT molecular complexity index is 584. The van der Waals surface area contributed by atoms with Gasteiger partial charge in [-0.25, -0.2) is 0 Å². The van der Waals surface area contributed by atoms with Crippen molar-refractivity contribution in [3.63, 3.8) is 0 Å². The van der Waals surface area contributed by atoms with Crippen LogP contribution in [0.15, 0.2) is 30.3 Å². The van der Waals surface area contributed by atoms with Crippen molar-refractivity contribution < 1.29 is 4.74 Å². The van der Waals surface area contributed by atoms with Crippen LogP contribution in [0.3, 0.4) is 0 Å². The molecule has 2 aromatic rings. The SMILES string of the molecule is CCc1nnc(C)cc1C(N)Cc1ccccc1OC. The van der Waals surface area contributed by atoms with Gasteiger partial charge < -0.3 is 10.5 Å². The second-order valence-electron chi connectivity index (χ2n) is 4.86. The van der Waals surface area contributed by atoms with Crippen LogP contribution in [0.2, 0.25) is 0 Å². The number of hydrogen-bond acceptors (Lipinski definition) is 4. The van der Waals surface area contributed by atoms with Crippen LogP contribution in [0, 0.1) is 6.92 Å². The van der Waals surface area contributed by atoms with Crippen molar-refractivity contribution >= 4 is 0 Å². The number of benzene rings is 1. The fourth-order valence-corrected chi connectivity index (χ4v) is 2.35. The first-order chi connectivity index (χ1) is 9.65. The Morgan fingerprint density at radius 1 is 1.25 bits per heavy atom. The van der Waals surface area contributed by atoms with Crippen molar-refractivity contribution in [2.45, 2.75) is 32.7 Å². The van der Waals surface area contributed by atoms with Gasteiger partial charge in [-0.3, -0.25) is 0 Å². The molecular weight excluding hydrogens is 250 g/mol. The summed E-state index contributed by atoms with van der Waals surface area (Å²) >= 11 is 0. The topological polar surface area (TPSA) is 61.0 Å². The van der Waals surface area contributed by atoms with Crippen LogP contribution >= 0.6 is 0 Å². The van der Waals surface area contributed by atoms with Crippen LogP contribution in [0.5, 0.6) is 5.75 Å². The third-order valence-electron chi connectivity index (χ3n) is 3.39. The average molecular weight is 271 g/mol. The lowest BCUT2D eigenvalue weighted by molar-refractivity contribution is 0.408. The molecule has 0 spiro atoms. The van der Waals surface area contributed by atoms with Crippen molar-refractivity contribution in [1.29, 1.82) is 0 Å². The molecule has 4 heteroatoms. The molecule has 0 radical (unpaired) electrons. The molecule has 2 N–H and O–H groups in total. The Kier molecular flexibility index (Phi) is 4.69. The van der Waals surface area contributed by atoms with Crippen LogP contribution in [-0.4, -0.2) is 17.3 Å². The number of aryl methyl sites for hydroxylation is 2. The zero-order valence-corrected chi connectivity index (χ0v) is 12.3. The number of rotatable bonds is 5. The average Bonchev–Trinajstić information content (AvgIpc) is 2.47. The summed E-state index contributed by atoms with van der Waals surface area (Å²) in [4.78, 5) is 0. The third-order valence-corrected chi connectivity index (χ3v) is 3.39. The van der Waals surface area contributed by atoms with Gasteiger partial charge in [0.25, 0.3) is 0 Å². The fraction of sp³-hybridized carbons (Fsp3) is 0.375. The van der Waals surface area contributed by atoms with E-state index in [2.05, 4.69) is 17.1 Å². The van der Waals surface area contributed by atoms with Gasteiger partial charge >= 0.3 is 0 Å². The van der Waals surface area contributed by atoms with Crippen LogP contribution in [0.4, 0.5) is 0 Å². The molecule has 0 fully saturated rings. The summed E-state index contributed by atoms with van der Waals surface area (Å²) in [5.41, 5.74) is 10.4. The van der Waals surface area contributed by atoms with Gasteiger partial charge in [-0.2, -0.15) is 10.2 Å². The van der Waals surface area contributed by atoms with E-state index < -0.39 is 0 Å². The number of para-hydroxylation sites is 1. The summed E-state index contributed by atoms with van der Waals surface area (Å²) in [6.07, 6.45) is 1.56. The van der Waals surface area contributed by atoms with Crippen LogP contribution < -0.4 is 10.5 Å². The second kappa shape index (κ2) is 6.48. The van der Waals surface area contributed by atoms with Gasteiger partial charge in [0, 0.05) is 6.04 Å². The lowest BCUT2D eigenvalue weighted by atomic mass is 9.97. The Morgan fingerprint density at radius 2 is 2.00 bits per heavy atom. The normalized spacial score (nSPS) is 12.2. The summed E-state index contributed by atoms with van der Waals surface area (Å²) in [5, 5.41) is 8.34. The standard InChI is InChI=1S/C16H21N3O/c1-4-15-13(9-11(2)18-19-15)14(17)10-12-7-5-6-8-16(12)20-3/h5-9,14H,4,10,17H2,1-3H3. The third kappa shape index (κ3) is 3.14. The Hall–Kier alpha value is -1.94. The Morgan fingerprint density at radius 3 is 2.70 bits per heavy atom. The first kappa shape index (κ1) is 14.5. The highest BCUT2D eigenvalue weighted by molar-refractivity contribution is 5.36. The van der Waals surface area contributed by atoms with E-state index in [1.165, 1.54) is 0 Å². The van der Waals surface area contributed by atoms with Gasteiger partial charge in [0.05, 0.1) is 18.5 Å². The molecule has 1 aromatic carbocycles. The minimum atomic E-state index is -0.101. The first-order valence-corrected chi connectivity index (χ1v) is 6.86. The number of methoxy groups -OCH3 is 1. The van der Waals surface area contributed by atoms with Gasteiger partial charge in [-0.05, 0) is 43.0 Å². The summed E-state index contributed by atoms with van der Waals surface area (Å²) in [7, 11) is 1.68. The minimum Gasteiger partial charge on any atom is -0.496 e. The predicted octanol–water partition coefficient (Wildman–Crippen LogP) is 2.60. The second-order valence-corrected chi connectivity index (χ2v) is 4.86. The zero-order chi connectivity index (χ0) is 14.5. The highest BCUT2D eigenvalue weighted by atomic mass is 16.5. The smallest absolute Gasteiger partial charge is 0.122 e. The number of hydrogen-bond donors (Lipinski definition) is 1. The first-order valence-electron chi connectivity index (χ1n) is 6.86. The molecule has 1 heterocycles. The van der Waals surface area contributed by atoms with Crippen LogP contribution in [0.25, 0.3) is 0 Å². The minimum absolute atomic E-state index is 0.101. The van der Waals surface area contributed by atoms with Gasteiger partial charge in [0.2, 0.25) is 0 Å². The number of nitrogens with zero attached hydrogens (tertiary/aromatic N) is 2. The van der Waals surface area contributed by atoms with Gasteiger partial charge in [0.1, 0.15) is 5.75 Å². The molecule has 0 bridgehead atoms. The van der Waals surface area contributed by atoms with Gasteiger partial charge in [0.15, 0.2) is 0 Å². The van der Waals surface area contributed by atoms with E-state index in [4.69, 9.17) is 10.5 Å². The molecule has 20 heavy (non-hydrogen) atoms. The van der Waals surface area contributed by atoms with E-state index >= 15 is 0 Å². The zero-order valence-electron chi connectivity index (χ0n) is 12.3.